The molecule has 0 radical (unpaired) electrons. The summed E-state index contributed by atoms with van der Waals surface area (Å²) in [6.45, 7) is 0.677. The van der Waals surface area contributed by atoms with Crippen LogP contribution in [0, 0.1) is 5.92 Å². The number of hydrogen-bond donors (Lipinski definition) is 2. The fourth-order valence-corrected chi connectivity index (χ4v) is 5.42. The lowest BCUT2D eigenvalue weighted by atomic mass is 9.98. The van der Waals surface area contributed by atoms with Crippen LogP contribution in [0.5, 0.6) is 0 Å². The molecule has 2 N–H and O–H groups in total. The van der Waals surface area contributed by atoms with Crippen molar-refractivity contribution in [2.75, 3.05) is 13.2 Å². The molecule has 2 atom stereocenters. The zero-order chi connectivity index (χ0) is 23.7. The summed E-state index contributed by atoms with van der Waals surface area (Å²) in [5, 5.41) is 12.4. The molecule has 0 spiro atoms. The minimum absolute atomic E-state index is 0.0242. The lowest BCUT2D eigenvalue weighted by molar-refractivity contribution is -0.152. The quantitative estimate of drug-likeness (QED) is 0.644. The molecule has 1 saturated carbocycles. The number of fused-ring (bicyclic) bond motifs is 3. The Kier molecular flexibility index (Phi) is 6.26. The van der Waals surface area contributed by atoms with Gasteiger partial charge in [0.05, 0.1) is 0 Å². The number of benzene rings is 2. The molecule has 2 aromatic rings. The third-order valence-electron chi connectivity index (χ3n) is 7.34. The van der Waals surface area contributed by atoms with E-state index in [-0.39, 0.29) is 36.8 Å². The number of carboxylic acid groups (broad SMARTS) is 1. The number of carbonyl (C=O) groups excluding carboxylic acids is 2. The SMILES string of the molecule is O=C(NC(CC(=O)N1CCCCC1C(=O)O)C1CC1)OCC1c2ccccc2-c2ccccc21. The molecule has 2 aliphatic carbocycles. The molecule has 5 rings (SSSR count). The lowest BCUT2D eigenvalue weighted by Crippen LogP contribution is -2.50. The van der Waals surface area contributed by atoms with Gasteiger partial charge in [0.2, 0.25) is 5.91 Å². The van der Waals surface area contributed by atoms with E-state index in [1.807, 2.05) is 24.3 Å². The second-order valence-corrected chi connectivity index (χ2v) is 9.55. The van der Waals surface area contributed by atoms with Crippen molar-refractivity contribution in [1.29, 1.82) is 0 Å². The van der Waals surface area contributed by atoms with Gasteiger partial charge >= 0.3 is 12.1 Å². The molecule has 0 bridgehead atoms. The predicted octanol–water partition coefficient (Wildman–Crippen LogP) is 4.16. The second-order valence-electron chi connectivity index (χ2n) is 9.55. The Bertz CT molecular complexity index is 1050. The minimum atomic E-state index is -0.958. The first-order chi connectivity index (χ1) is 16.5. The van der Waals surface area contributed by atoms with Crippen molar-refractivity contribution in [3.63, 3.8) is 0 Å². The summed E-state index contributed by atoms with van der Waals surface area (Å²) in [7, 11) is 0. The van der Waals surface area contributed by atoms with E-state index in [2.05, 4.69) is 29.6 Å². The molecule has 7 nitrogen and oxygen atoms in total. The van der Waals surface area contributed by atoms with E-state index >= 15 is 0 Å². The summed E-state index contributed by atoms with van der Waals surface area (Å²) in [4.78, 5) is 38.7. The molecule has 34 heavy (non-hydrogen) atoms. The number of carboxylic acids is 1. The van der Waals surface area contributed by atoms with E-state index in [0.717, 1.165) is 36.8 Å². The lowest BCUT2D eigenvalue weighted by Gasteiger charge is -2.34. The summed E-state index contributed by atoms with van der Waals surface area (Å²) < 4.78 is 5.67. The number of carbonyl (C=O) groups is 3. The van der Waals surface area contributed by atoms with Gasteiger partial charge in [0, 0.05) is 24.9 Å². The van der Waals surface area contributed by atoms with Crippen LogP contribution in [-0.4, -0.2) is 53.2 Å². The Hall–Kier alpha value is -3.35. The average molecular weight is 463 g/mol. The van der Waals surface area contributed by atoms with Gasteiger partial charge in [0.15, 0.2) is 0 Å². The first-order valence-electron chi connectivity index (χ1n) is 12.2. The number of ether oxygens (including phenoxy) is 1. The normalized spacial score (nSPS) is 20.2. The van der Waals surface area contributed by atoms with Crippen LogP contribution in [0.3, 0.4) is 0 Å². The van der Waals surface area contributed by atoms with Gasteiger partial charge in [-0.2, -0.15) is 0 Å². The van der Waals surface area contributed by atoms with Crippen LogP contribution >= 0.6 is 0 Å². The third-order valence-corrected chi connectivity index (χ3v) is 7.34. The zero-order valence-electron chi connectivity index (χ0n) is 19.1. The summed E-state index contributed by atoms with van der Waals surface area (Å²) >= 11 is 0. The number of hydrogen-bond acceptors (Lipinski definition) is 4. The van der Waals surface area contributed by atoms with Gasteiger partial charge in [0.1, 0.15) is 12.6 Å². The van der Waals surface area contributed by atoms with Crippen molar-refractivity contribution >= 4 is 18.0 Å². The molecular weight excluding hydrogens is 432 g/mol. The predicted molar refractivity (Wildman–Crippen MR) is 126 cm³/mol. The Morgan fingerprint density at radius 2 is 1.62 bits per heavy atom. The van der Waals surface area contributed by atoms with Gasteiger partial charge in [-0.15, -0.1) is 0 Å². The van der Waals surface area contributed by atoms with Gasteiger partial charge in [0.25, 0.3) is 0 Å². The number of aliphatic carboxylic acids is 1. The van der Waals surface area contributed by atoms with Crippen molar-refractivity contribution in [2.24, 2.45) is 5.92 Å². The maximum atomic E-state index is 12.9. The Labute approximate surface area is 199 Å². The molecule has 178 valence electrons. The number of nitrogens with zero attached hydrogens (tertiary/aromatic N) is 1. The maximum Gasteiger partial charge on any atom is 0.407 e. The highest BCUT2D eigenvalue weighted by Gasteiger charge is 2.38. The van der Waals surface area contributed by atoms with Gasteiger partial charge in [-0.25, -0.2) is 9.59 Å². The van der Waals surface area contributed by atoms with Gasteiger partial charge in [-0.1, -0.05) is 48.5 Å². The van der Waals surface area contributed by atoms with Crippen LogP contribution in [-0.2, 0) is 14.3 Å². The van der Waals surface area contributed by atoms with E-state index < -0.39 is 18.1 Å². The zero-order valence-corrected chi connectivity index (χ0v) is 19.1. The van der Waals surface area contributed by atoms with E-state index in [1.165, 1.54) is 16.0 Å². The molecule has 7 heteroatoms. The number of amides is 2. The van der Waals surface area contributed by atoms with Crippen LogP contribution in [0.1, 0.15) is 55.6 Å². The van der Waals surface area contributed by atoms with E-state index in [1.54, 1.807) is 0 Å². The summed E-state index contributed by atoms with van der Waals surface area (Å²) in [6, 6.07) is 15.3. The molecule has 1 saturated heterocycles. The molecule has 1 heterocycles. The fourth-order valence-electron chi connectivity index (χ4n) is 5.42. The molecule has 0 aromatic heterocycles. The van der Waals surface area contributed by atoms with Crippen LogP contribution in [0.25, 0.3) is 11.1 Å². The average Bonchev–Trinajstić information content (AvgIpc) is 3.65. The van der Waals surface area contributed by atoms with Crippen molar-refractivity contribution in [3.05, 3.63) is 59.7 Å². The van der Waals surface area contributed by atoms with E-state index in [4.69, 9.17) is 4.74 Å². The van der Waals surface area contributed by atoms with Crippen molar-refractivity contribution in [2.45, 2.75) is 56.5 Å². The summed E-state index contributed by atoms with van der Waals surface area (Å²) in [5.74, 6) is -0.954. The molecule has 2 amide bonds. The number of likely N-dealkylation sites (tertiary alicyclic amines) is 1. The fraction of sp³-hybridized carbons (Fsp3) is 0.444. The largest absolute Gasteiger partial charge is 0.480 e. The van der Waals surface area contributed by atoms with E-state index in [9.17, 15) is 19.5 Å². The number of rotatable bonds is 7. The Balaban J connectivity index is 1.21. The monoisotopic (exact) mass is 462 g/mol. The van der Waals surface area contributed by atoms with E-state index in [0.29, 0.717) is 13.0 Å². The standard InChI is InChI=1S/C27H30N2O5/c30-25(29-14-6-5-11-24(29)26(31)32)15-23(17-12-13-17)28-27(33)34-16-22-20-9-3-1-7-18(20)19-8-2-4-10-21(19)22/h1-4,7-10,17,22-24H,5-6,11-16H2,(H,28,33)(H,31,32). The molecule has 1 aliphatic heterocycles. The third kappa shape index (κ3) is 4.52. The first-order valence-corrected chi connectivity index (χ1v) is 12.2. The Morgan fingerprint density at radius 1 is 0.971 bits per heavy atom. The molecule has 2 unspecified atom stereocenters. The van der Waals surface area contributed by atoms with Crippen LogP contribution in [0.15, 0.2) is 48.5 Å². The number of piperidine rings is 1. The van der Waals surface area contributed by atoms with Crippen molar-refractivity contribution < 1.29 is 24.2 Å². The van der Waals surface area contributed by atoms with Crippen LogP contribution in [0.2, 0.25) is 0 Å². The van der Waals surface area contributed by atoms with Gasteiger partial charge < -0.3 is 20.1 Å². The highest BCUT2D eigenvalue weighted by Crippen LogP contribution is 2.44. The van der Waals surface area contributed by atoms with Crippen molar-refractivity contribution in [3.8, 4) is 11.1 Å². The highest BCUT2D eigenvalue weighted by molar-refractivity contribution is 5.84. The summed E-state index contributed by atoms with van der Waals surface area (Å²) in [5.41, 5.74) is 4.64. The van der Waals surface area contributed by atoms with Crippen molar-refractivity contribution in [1.82, 2.24) is 10.2 Å². The topological polar surface area (TPSA) is 95.9 Å². The molecule has 3 aliphatic rings. The highest BCUT2D eigenvalue weighted by atomic mass is 16.5. The molecule has 2 aromatic carbocycles. The van der Waals surface area contributed by atoms with Gasteiger partial charge in [-0.3, -0.25) is 4.79 Å². The molecular formula is C27H30N2O5. The smallest absolute Gasteiger partial charge is 0.407 e. The Morgan fingerprint density at radius 3 is 2.24 bits per heavy atom. The minimum Gasteiger partial charge on any atom is -0.480 e. The summed E-state index contributed by atoms with van der Waals surface area (Å²) in [6.07, 6.45) is 3.58. The number of nitrogens with one attached hydrogen (secondary N) is 1. The molecule has 2 fully saturated rings. The second kappa shape index (κ2) is 9.49. The number of alkyl carbamates (subject to hydrolysis) is 1. The van der Waals surface area contributed by atoms with Crippen LogP contribution in [0.4, 0.5) is 4.79 Å². The van der Waals surface area contributed by atoms with Crippen LogP contribution < -0.4 is 5.32 Å². The van der Waals surface area contributed by atoms with Gasteiger partial charge in [-0.05, 0) is 60.3 Å². The first kappa shape index (κ1) is 22.4. The maximum absolute atomic E-state index is 12.9.